The topological polar surface area (TPSA) is 0 Å². The largest absolute Gasteiger partial charge is 0.0813 e. The maximum absolute atomic E-state index is 2.45. The molecule has 1 aliphatic carbocycles. The molecule has 0 heterocycles. The van der Waals surface area contributed by atoms with Gasteiger partial charge in [0.25, 0.3) is 0 Å². The van der Waals surface area contributed by atoms with E-state index in [1.165, 1.54) is 30.4 Å². The van der Waals surface area contributed by atoms with E-state index in [1.807, 2.05) is 0 Å². The normalized spacial score (nSPS) is 25.3. The van der Waals surface area contributed by atoms with Crippen LogP contribution in [0.1, 0.15) is 60.3 Å². The van der Waals surface area contributed by atoms with Crippen molar-refractivity contribution in [2.75, 3.05) is 0 Å². The van der Waals surface area contributed by atoms with Crippen molar-refractivity contribution in [3.63, 3.8) is 0 Å². The van der Waals surface area contributed by atoms with Crippen LogP contribution in [0.3, 0.4) is 0 Å². The fourth-order valence-corrected chi connectivity index (χ4v) is 2.16. The number of rotatable bonds is 5. The molecule has 1 saturated carbocycles. The molecule has 2 unspecified atom stereocenters. The van der Waals surface area contributed by atoms with Gasteiger partial charge in [-0.2, -0.15) is 0 Å². The molecule has 0 radical (unpaired) electrons. The molecule has 86 valence electrons. The maximum Gasteiger partial charge on any atom is -0.0136 e. The molecule has 1 rings (SSSR count). The zero-order chi connectivity index (χ0) is 11.4. The van der Waals surface area contributed by atoms with Gasteiger partial charge in [0.15, 0.2) is 0 Å². The Morgan fingerprint density at radius 3 is 2.40 bits per heavy atom. The van der Waals surface area contributed by atoms with Crippen LogP contribution in [-0.2, 0) is 0 Å². The van der Waals surface area contributed by atoms with E-state index in [2.05, 4.69) is 40.7 Å². The molecule has 1 fully saturated rings. The van der Waals surface area contributed by atoms with Gasteiger partial charge in [-0.15, -0.1) is 0 Å². The van der Waals surface area contributed by atoms with Gasteiger partial charge < -0.3 is 0 Å². The van der Waals surface area contributed by atoms with Gasteiger partial charge in [-0.05, 0) is 52.4 Å². The smallest absolute Gasteiger partial charge is 0.0136 e. The summed E-state index contributed by atoms with van der Waals surface area (Å²) < 4.78 is 0. The van der Waals surface area contributed by atoms with Crippen molar-refractivity contribution in [3.05, 3.63) is 22.8 Å². The van der Waals surface area contributed by atoms with Crippen molar-refractivity contribution in [3.8, 4) is 0 Å². The fourth-order valence-electron chi connectivity index (χ4n) is 2.16. The highest BCUT2D eigenvalue weighted by molar-refractivity contribution is 5.18. The van der Waals surface area contributed by atoms with Gasteiger partial charge in [-0.25, -0.2) is 0 Å². The number of hydrogen-bond acceptors (Lipinski definition) is 0. The predicted octanol–water partition coefficient (Wildman–Crippen LogP) is 5.12. The highest BCUT2D eigenvalue weighted by Gasteiger charge is 2.36. The molecule has 0 spiro atoms. The highest BCUT2D eigenvalue weighted by atomic mass is 14.4. The van der Waals surface area contributed by atoms with Crippen LogP contribution in [-0.4, -0.2) is 0 Å². The first-order chi connectivity index (χ1) is 7.06. The molecule has 0 saturated heterocycles. The zero-order valence-corrected chi connectivity index (χ0v) is 11.1. The molecule has 0 aliphatic heterocycles. The first-order valence-corrected chi connectivity index (χ1v) is 6.35. The van der Waals surface area contributed by atoms with E-state index in [0.717, 1.165) is 18.3 Å². The summed E-state index contributed by atoms with van der Waals surface area (Å²) in [6.07, 6.45) is 7.83. The minimum absolute atomic E-state index is 0.926. The van der Waals surface area contributed by atoms with E-state index in [9.17, 15) is 0 Å². The summed E-state index contributed by atoms with van der Waals surface area (Å²) in [5, 5.41) is 0. The summed E-state index contributed by atoms with van der Waals surface area (Å²) in [7, 11) is 0. The van der Waals surface area contributed by atoms with Crippen LogP contribution < -0.4 is 0 Å². The Bertz CT molecular complexity index is 264. The van der Waals surface area contributed by atoms with E-state index in [-0.39, 0.29) is 0 Å². The molecular formula is C15H26. The lowest BCUT2D eigenvalue weighted by molar-refractivity contribution is 0.667. The molecule has 2 atom stereocenters. The van der Waals surface area contributed by atoms with Crippen molar-refractivity contribution >= 4 is 0 Å². The zero-order valence-electron chi connectivity index (χ0n) is 11.1. The Balaban J connectivity index is 2.39. The fraction of sp³-hybridized carbons (Fsp3) is 0.733. The van der Waals surface area contributed by atoms with E-state index < -0.39 is 0 Å². The Kier molecular flexibility index (Phi) is 4.63. The Morgan fingerprint density at radius 2 is 1.87 bits per heavy atom. The molecule has 0 aromatic rings. The predicted molar refractivity (Wildman–Crippen MR) is 68.9 cm³/mol. The highest BCUT2D eigenvalue weighted by Crippen LogP contribution is 2.46. The summed E-state index contributed by atoms with van der Waals surface area (Å²) in [4.78, 5) is 0. The van der Waals surface area contributed by atoms with Gasteiger partial charge >= 0.3 is 0 Å². The second-order valence-corrected chi connectivity index (χ2v) is 5.32. The SMILES string of the molecule is CCCC1CC1C(C)=CCC(C)=C(C)C. The van der Waals surface area contributed by atoms with Crippen molar-refractivity contribution in [2.45, 2.75) is 60.3 Å². The number of allylic oxidation sites excluding steroid dienone is 4. The lowest BCUT2D eigenvalue weighted by Gasteiger charge is -2.02. The van der Waals surface area contributed by atoms with E-state index in [0.29, 0.717) is 0 Å². The van der Waals surface area contributed by atoms with Gasteiger partial charge in [0, 0.05) is 0 Å². The molecule has 0 nitrogen and oxygen atoms in total. The molecule has 0 aromatic heterocycles. The van der Waals surface area contributed by atoms with Crippen LogP contribution in [0.5, 0.6) is 0 Å². The van der Waals surface area contributed by atoms with E-state index >= 15 is 0 Å². The van der Waals surface area contributed by atoms with Gasteiger partial charge in [-0.1, -0.05) is 42.6 Å². The molecule has 0 aromatic carbocycles. The first-order valence-electron chi connectivity index (χ1n) is 6.35. The second-order valence-electron chi connectivity index (χ2n) is 5.32. The maximum atomic E-state index is 2.45. The summed E-state index contributed by atoms with van der Waals surface area (Å²) in [6.45, 7) is 11.3. The average molecular weight is 206 g/mol. The van der Waals surface area contributed by atoms with Gasteiger partial charge in [0.2, 0.25) is 0 Å². The third kappa shape index (κ3) is 3.85. The van der Waals surface area contributed by atoms with E-state index in [1.54, 1.807) is 5.57 Å². The van der Waals surface area contributed by atoms with E-state index in [4.69, 9.17) is 0 Å². The summed E-state index contributed by atoms with van der Waals surface area (Å²) in [6, 6.07) is 0. The average Bonchev–Trinajstić information content (AvgIpc) is 2.93. The Labute approximate surface area is 95.5 Å². The molecule has 0 N–H and O–H groups in total. The number of hydrogen-bond donors (Lipinski definition) is 0. The van der Waals surface area contributed by atoms with Crippen LogP contribution in [0.15, 0.2) is 22.8 Å². The third-order valence-corrected chi connectivity index (χ3v) is 3.75. The molecule has 0 amide bonds. The van der Waals surface area contributed by atoms with Crippen molar-refractivity contribution in [1.82, 2.24) is 0 Å². The van der Waals surface area contributed by atoms with Crippen LogP contribution in [0.25, 0.3) is 0 Å². The van der Waals surface area contributed by atoms with Crippen LogP contribution in [0.4, 0.5) is 0 Å². The van der Waals surface area contributed by atoms with Crippen molar-refractivity contribution < 1.29 is 0 Å². The van der Waals surface area contributed by atoms with Gasteiger partial charge in [0.05, 0.1) is 0 Å². The molecule has 15 heavy (non-hydrogen) atoms. The van der Waals surface area contributed by atoms with Gasteiger partial charge in [-0.3, -0.25) is 0 Å². The third-order valence-electron chi connectivity index (χ3n) is 3.75. The van der Waals surface area contributed by atoms with Crippen LogP contribution >= 0.6 is 0 Å². The summed E-state index contributed by atoms with van der Waals surface area (Å²) in [5.41, 5.74) is 4.64. The molecular weight excluding hydrogens is 180 g/mol. The molecule has 1 aliphatic rings. The lowest BCUT2D eigenvalue weighted by atomic mass is 10.0. The lowest BCUT2D eigenvalue weighted by Crippen LogP contribution is -1.86. The van der Waals surface area contributed by atoms with Crippen LogP contribution in [0, 0.1) is 11.8 Å². The second kappa shape index (κ2) is 5.53. The summed E-state index contributed by atoms with van der Waals surface area (Å²) >= 11 is 0. The Morgan fingerprint density at radius 1 is 1.20 bits per heavy atom. The van der Waals surface area contributed by atoms with Gasteiger partial charge in [0.1, 0.15) is 0 Å². The first kappa shape index (κ1) is 12.5. The minimum atomic E-state index is 0.926. The molecule has 0 bridgehead atoms. The van der Waals surface area contributed by atoms with Crippen LogP contribution in [0.2, 0.25) is 0 Å². The molecule has 0 heteroatoms. The van der Waals surface area contributed by atoms with Crippen molar-refractivity contribution in [1.29, 1.82) is 0 Å². The van der Waals surface area contributed by atoms with Crippen molar-refractivity contribution in [2.24, 2.45) is 11.8 Å². The minimum Gasteiger partial charge on any atom is -0.0813 e. The standard InChI is InChI=1S/C15H26/c1-6-7-14-10-15(14)13(5)9-8-12(4)11(2)3/h9,14-15H,6-8,10H2,1-5H3. The summed E-state index contributed by atoms with van der Waals surface area (Å²) in [5.74, 6) is 1.94. The Hall–Kier alpha value is -0.520. The quantitative estimate of drug-likeness (QED) is 0.548. The monoisotopic (exact) mass is 206 g/mol.